The lowest BCUT2D eigenvalue weighted by Gasteiger charge is -2.07. The monoisotopic (exact) mass is 262 g/mol. The van der Waals surface area contributed by atoms with E-state index in [9.17, 15) is 9.59 Å². The number of nitriles is 1. The first kappa shape index (κ1) is 14.5. The minimum atomic E-state index is -0.925. The summed E-state index contributed by atoms with van der Waals surface area (Å²) in [5.74, 6) is -0.806. The number of amides is 1. The van der Waals surface area contributed by atoms with Crippen LogP contribution in [0.25, 0.3) is 0 Å². The summed E-state index contributed by atoms with van der Waals surface area (Å²) in [5, 5.41) is 19.5. The lowest BCUT2D eigenvalue weighted by Crippen LogP contribution is -2.29. The van der Waals surface area contributed by atoms with Crippen molar-refractivity contribution in [3.63, 3.8) is 0 Å². The van der Waals surface area contributed by atoms with Crippen LogP contribution in [0.2, 0.25) is 0 Å². The molecule has 0 aliphatic rings. The second-order valence-corrected chi connectivity index (χ2v) is 3.76. The van der Waals surface area contributed by atoms with Crippen LogP contribution in [0, 0.1) is 11.3 Å². The second kappa shape index (κ2) is 7.71. The lowest BCUT2D eigenvalue weighted by molar-refractivity contribution is -0.136. The standard InChI is InChI=1S/C13H14N2O4/c14-5-2-6-15-12(16)9-19-11-4-1-3-10(7-11)8-13(17)18/h1,3-4,7H,2,6,8-9H2,(H,15,16)(H,17,18). The van der Waals surface area contributed by atoms with Gasteiger partial charge >= 0.3 is 5.97 Å². The van der Waals surface area contributed by atoms with Gasteiger partial charge in [-0.3, -0.25) is 9.59 Å². The minimum absolute atomic E-state index is 0.0917. The van der Waals surface area contributed by atoms with Crippen molar-refractivity contribution in [1.29, 1.82) is 5.26 Å². The maximum atomic E-state index is 11.3. The van der Waals surface area contributed by atoms with Crippen LogP contribution in [0.15, 0.2) is 24.3 Å². The molecule has 1 rings (SSSR count). The van der Waals surface area contributed by atoms with Crippen LogP contribution in [-0.4, -0.2) is 30.1 Å². The van der Waals surface area contributed by atoms with Gasteiger partial charge in [0.05, 0.1) is 18.9 Å². The van der Waals surface area contributed by atoms with Crippen LogP contribution in [-0.2, 0) is 16.0 Å². The van der Waals surface area contributed by atoms with Crippen molar-refractivity contribution in [2.45, 2.75) is 12.8 Å². The number of hydrogen-bond donors (Lipinski definition) is 2. The van der Waals surface area contributed by atoms with Crippen molar-refractivity contribution in [1.82, 2.24) is 5.32 Å². The maximum absolute atomic E-state index is 11.3. The topological polar surface area (TPSA) is 99.4 Å². The van der Waals surface area contributed by atoms with E-state index < -0.39 is 5.97 Å². The molecule has 1 aromatic carbocycles. The maximum Gasteiger partial charge on any atom is 0.307 e. The molecular formula is C13H14N2O4. The van der Waals surface area contributed by atoms with Crippen LogP contribution in [0.4, 0.5) is 0 Å². The van der Waals surface area contributed by atoms with Crippen LogP contribution in [0.3, 0.4) is 0 Å². The van der Waals surface area contributed by atoms with Gasteiger partial charge in [-0.1, -0.05) is 12.1 Å². The van der Waals surface area contributed by atoms with E-state index in [0.717, 1.165) is 0 Å². The molecule has 0 saturated carbocycles. The largest absolute Gasteiger partial charge is 0.484 e. The number of carboxylic acid groups (broad SMARTS) is 1. The van der Waals surface area contributed by atoms with Crippen LogP contribution >= 0.6 is 0 Å². The van der Waals surface area contributed by atoms with Crippen LogP contribution in [0.1, 0.15) is 12.0 Å². The van der Waals surface area contributed by atoms with E-state index in [2.05, 4.69) is 5.32 Å². The van der Waals surface area contributed by atoms with E-state index in [1.54, 1.807) is 24.3 Å². The lowest BCUT2D eigenvalue weighted by atomic mass is 10.1. The SMILES string of the molecule is N#CCCNC(=O)COc1cccc(CC(=O)O)c1. The smallest absolute Gasteiger partial charge is 0.307 e. The van der Waals surface area contributed by atoms with Gasteiger partial charge in [-0.25, -0.2) is 0 Å². The number of aliphatic carboxylic acids is 1. The Morgan fingerprint density at radius 1 is 1.42 bits per heavy atom. The number of nitrogens with zero attached hydrogens (tertiary/aromatic N) is 1. The number of hydrogen-bond acceptors (Lipinski definition) is 4. The Kier molecular flexibility index (Phi) is 5.89. The van der Waals surface area contributed by atoms with Gasteiger partial charge in [0.2, 0.25) is 0 Å². The van der Waals surface area contributed by atoms with Crippen molar-refractivity contribution in [3.05, 3.63) is 29.8 Å². The average molecular weight is 262 g/mol. The van der Waals surface area contributed by atoms with Crippen molar-refractivity contribution >= 4 is 11.9 Å². The Labute approximate surface area is 110 Å². The quantitative estimate of drug-likeness (QED) is 0.705. The molecule has 100 valence electrons. The first-order chi connectivity index (χ1) is 9.11. The number of carbonyl (C=O) groups is 2. The molecule has 0 fully saturated rings. The predicted molar refractivity (Wildman–Crippen MR) is 66.5 cm³/mol. The number of benzene rings is 1. The fourth-order valence-electron chi connectivity index (χ4n) is 1.38. The van der Waals surface area contributed by atoms with Crippen LogP contribution < -0.4 is 10.1 Å². The number of nitrogens with one attached hydrogen (secondary N) is 1. The number of carboxylic acids is 1. The highest BCUT2D eigenvalue weighted by atomic mass is 16.5. The van der Waals surface area contributed by atoms with Crippen molar-refractivity contribution in [2.75, 3.05) is 13.2 Å². The molecule has 1 amide bonds. The summed E-state index contributed by atoms with van der Waals surface area (Å²) in [6, 6.07) is 8.48. The molecule has 0 spiro atoms. The van der Waals surface area contributed by atoms with Gasteiger partial charge in [-0.15, -0.1) is 0 Å². The van der Waals surface area contributed by atoms with Gasteiger partial charge < -0.3 is 15.2 Å². The van der Waals surface area contributed by atoms with E-state index >= 15 is 0 Å². The van der Waals surface area contributed by atoms with Crippen molar-refractivity contribution in [2.24, 2.45) is 0 Å². The van der Waals surface area contributed by atoms with Gasteiger partial charge in [0.25, 0.3) is 5.91 Å². The van der Waals surface area contributed by atoms with E-state index in [4.69, 9.17) is 15.1 Å². The molecule has 0 aliphatic carbocycles. The molecule has 2 N–H and O–H groups in total. The Morgan fingerprint density at radius 3 is 2.89 bits per heavy atom. The number of carbonyl (C=O) groups excluding carboxylic acids is 1. The van der Waals surface area contributed by atoms with E-state index in [1.807, 2.05) is 6.07 Å². The highest BCUT2D eigenvalue weighted by Gasteiger charge is 2.04. The molecule has 6 heteroatoms. The Morgan fingerprint density at radius 2 is 2.21 bits per heavy atom. The first-order valence-corrected chi connectivity index (χ1v) is 5.69. The molecule has 6 nitrogen and oxygen atoms in total. The summed E-state index contributed by atoms with van der Waals surface area (Å²) >= 11 is 0. The zero-order chi connectivity index (χ0) is 14.1. The zero-order valence-corrected chi connectivity index (χ0v) is 10.3. The molecule has 0 aliphatic heterocycles. The summed E-state index contributed by atoms with van der Waals surface area (Å²) in [7, 11) is 0. The molecule has 0 heterocycles. The van der Waals surface area contributed by atoms with Crippen LogP contribution in [0.5, 0.6) is 5.75 Å². The van der Waals surface area contributed by atoms with E-state index in [0.29, 0.717) is 11.3 Å². The highest BCUT2D eigenvalue weighted by molar-refractivity contribution is 5.77. The fraction of sp³-hybridized carbons (Fsp3) is 0.308. The number of ether oxygens (including phenoxy) is 1. The highest BCUT2D eigenvalue weighted by Crippen LogP contribution is 2.13. The van der Waals surface area contributed by atoms with Gasteiger partial charge in [-0.2, -0.15) is 5.26 Å². The molecular weight excluding hydrogens is 248 g/mol. The molecule has 0 atom stereocenters. The summed E-state index contributed by atoms with van der Waals surface area (Å²) in [4.78, 5) is 21.9. The third kappa shape index (κ3) is 6.07. The average Bonchev–Trinajstić information content (AvgIpc) is 2.36. The van der Waals surface area contributed by atoms with Gasteiger partial charge in [-0.05, 0) is 17.7 Å². The third-order valence-corrected chi connectivity index (χ3v) is 2.18. The van der Waals surface area contributed by atoms with Crippen molar-refractivity contribution < 1.29 is 19.4 Å². The molecule has 0 bridgehead atoms. The summed E-state index contributed by atoms with van der Waals surface area (Å²) in [6.07, 6.45) is 0.158. The molecule has 0 unspecified atom stereocenters. The second-order valence-electron chi connectivity index (χ2n) is 3.76. The Hall–Kier alpha value is -2.55. The Balaban J connectivity index is 2.42. The summed E-state index contributed by atoms with van der Waals surface area (Å²) in [6.45, 7) is 0.125. The molecule has 0 saturated heterocycles. The third-order valence-electron chi connectivity index (χ3n) is 2.18. The molecule has 0 aromatic heterocycles. The molecule has 19 heavy (non-hydrogen) atoms. The normalized spacial score (nSPS) is 9.42. The Bertz CT molecular complexity index is 494. The first-order valence-electron chi connectivity index (χ1n) is 5.69. The predicted octanol–water partition coefficient (Wildman–Crippen LogP) is 0.722. The fourth-order valence-corrected chi connectivity index (χ4v) is 1.38. The summed E-state index contributed by atoms with van der Waals surface area (Å²) < 4.78 is 5.23. The minimum Gasteiger partial charge on any atom is -0.484 e. The van der Waals surface area contributed by atoms with E-state index in [1.165, 1.54) is 0 Å². The zero-order valence-electron chi connectivity index (χ0n) is 10.3. The summed E-state index contributed by atoms with van der Waals surface area (Å²) in [5.41, 5.74) is 0.606. The van der Waals surface area contributed by atoms with E-state index in [-0.39, 0.29) is 31.9 Å². The van der Waals surface area contributed by atoms with Gasteiger partial charge in [0.1, 0.15) is 5.75 Å². The molecule has 0 radical (unpaired) electrons. The van der Waals surface area contributed by atoms with Crippen molar-refractivity contribution in [3.8, 4) is 11.8 Å². The van der Waals surface area contributed by atoms with Gasteiger partial charge in [0.15, 0.2) is 6.61 Å². The van der Waals surface area contributed by atoms with Gasteiger partial charge in [0, 0.05) is 6.54 Å². The molecule has 1 aromatic rings. The number of rotatable bonds is 7.